The van der Waals surface area contributed by atoms with E-state index in [1.165, 1.54) is 0 Å². The maximum absolute atomic E-state index is 12.7. The van der Waals surface area contributed by atoms with E-state index in [-0.39, 0.29) is 5.91 Å². The van der Waals surface area contributed by atoms with Crippen molar-refractivity contribution in [2.45, 2.75) is 44.0 Å². The summed E-state index contributed by atoms with van der Waals surface area (Å²) >= 11 is 1.64. The van der Waals surface area contributed by atoms with Crippen molar-refractivity contribution in [2.24, 2.45) is 5.92 Å². The predicted molar refractivity (Wildman–Crippen MR) is 108 cm³/mol. The highest BCUT2D eigenvalue weighted by atomic mass is 32.2. The zero-order valence-corrected chi connectivity index (χ0v) is 17.2. The van der Waals surface area contributed by atoms with Crippen LogP contribution in [0.2, 0.25) is 0 Å². The first-order valence-corrected chi connectivity index (χ1v) is 11.6. The van der Waals surface area contributed by atoms with Gasteiger partial charge in [0.2, 0.25) is 15.9 Å². The normalized spacial score (nSPS) is 16.3. The Morgan fingerprint density at radius 1 is 1.19 bits per heavy atom. The van der Waals surface area contributed by atoms with E-state index in [1.807, 2.05) is 36.6 Å². The molecule has 1 aromatic carbocycles. The molecule has 1 aromatic heterocycles. The summed E-state index contributed by atoms with van der Waals surface area (Å²) in [6.07, 6.45) is 2.93. The molecule has 1 amide bonds. The van der Waals surface area contributed by atoms with Gasteiger partial charge >= 0.3 is 0 Å². The van der Waals surface area contributed by atoms with Crippen LogP contribution in [0.15, 0.2) is 46.7 Å². The van der Waals surface area contributed by atoms with Crippen LogP contribution >= 0.6 is 11.3 Å². The smallest absolute Gasteiger partial charge is 0.243 e. The third-order valence-corrected chi connectivity index (χ3v) is 7.84. The van der Waals surface area contributed by atoms with E-state index >= 15 is 0 Å². The van der Waals surface area contributed by atoms with Crippen LogP contribution in [-0.2, 0) is 21.4 Å². The molecular weight excluding hydrogens is 380 g/mol. The average molecular weight is 407 g/mol. The van der Waals surface area contributed by atoms with E-state index in [0.29, 0.717) is 36.9 Å². The molecule has 0 aliphatic carbocycles. The molecule has 27 heavy (non-hydrogen) atoms. The summed E-state index contributed by atoms with van der Waals surface area (Å²) in [4.78, 5) is 13.5. The highest BCUT2D eigenvalue weighted by molar-refractivity contribution is 7.89. The van der Waals surface area contributed by atoms with Crippen LogP contribution in [0.1, 0.15) is 36.1 Å². The summed E-state index contributed by atoms with van der Waals surface area (Å²) in [5.41, 5.74) is 1.05. The van der Waals surface area contributed by atoms with Gasteiger partial charge in [-0.1, -0.05) is 23.8 Å². The molecule has 0 spiro atoms. The van der Waals surface area contributed by atoms with Gasteiger partial charge in [-0.05, 0) is 55.7 Å². The second kappa shape index (κ2) is 8.99. The molecule has 0 radical (unpaired) electrons. The number of nitrogens with one attached hydrogen (secondary N) is 1. The van der Waals surface area contributed by atoms with Crippen molar-refractivity contribution in [3.63, 3.8) is 0 Å². The third kappa shape index (κ3) is 5.40. The first kappa shape index (κ1) is 20.0. The molecule has 0 atom stereocenters. The number of rotatable bonds is 7. The number of hydrogen-bond acceptors (Lipinski definition) is 4. The van der Waals surface area contributed by atoms with Crippen LogP contribution in [0, 0.1) is 12.8 Å². The molecule has 1 aliphatic rings. The van der Waals surface area contributed by atoms with Crippen LogP contribution in [0.5, 0.6) is 0 Å². The molecule has 0 unspecified atom stereocenters. The van der Waals surface area contributed by atoms with Crippen LogP contribution < -0.4 is 5.32 Å². The Kier molecular flexibility index (Phi) is 6.68. The van der Waals surface area contributed by atoms with Gasteiger partial charge in [-0.2, -0.15) is 4.31 Å². The largest absolute Gasteiger partial charge is 0.351 e. The fraction of sp³-hybridized carbons (Fsp3) is 0.450. The Bertz CT molecular complexity index is 838. The van der Waals surface area contributed by atoms with Gasteiger partial charge in [0.15, 0.2) is 0 Å². The number of hydrogen-bond donors (Lipinski definition) is 1. The summed E-state index contributed by atoms with van der Waals surface area (Å²) in [7, 11) is -3.41. The van der Waals surface area contributed by atoms with Crippen LogP contribution in [0.4, 0.5) is 0 Å². The van der Waals surface area contributed by atoms with E-state index in [0.717, 1.165) is 29.7 Å². The number of benzene rings is 1. The van der Waals surface area contributed by atoms with Gasteiger partial charge in [0.25, 0.3) is 0 Å². The van der Waals surface area contributed by atoms with Gasteiger partial charge in [-0.15, -0.1) is 11.3 Å². The van der Waals surface area contributed by atoms with E-state index < -0.39 is 10.0 Å². The number of nitrogens with zero attached hydrogens (tertiary/aromatic N) is 1. The lowest BCUT2D eigenvalue weighted by molar-refractivity contribution is -0.121. The van der Waals surface area contributed by atoms with Crippen LogP contribution in [0.25, 0.3) is 0 Å². The van der Waals surface area contributed by atoms with Crippen molar-refractivity contribution in [1.29, 1.82) is 0 Å². The summed E-state index contributed by atoms with van der Waals surface area (Å²) in [6.45, 7) is 3.58. The van der Waals surface area contributed by atoms with Crippen LogP contribution in [0.3, 0.4) is 0 Å². The van der Waals surface area contributed by atoms with Crippen molar-refractivity contribution < 1.29 is 13.2 Å². The summed E-state index contributed by atoms with van der Waals surface area (Å²) < 4.78 is 27.0. The molecular formula is C20H26N2O3S2. The third-order valence-electron chi connectivity index (χ3n) is 5.05. The highest BCUT2D eigenvalue weighted by Gasteiger charge is 2.29. The fourth-order valence-corrected chi connectivity index (χ4v) is 5.43. The lowest BCUT2D eigenvalue weighted by Gasteiger charge is -2.31. The second-order valence-corrected chi connectivity index (χ2v) is 10.0. The monoisotopic (exact) mass is 406 g/mol. The van der Waals surface area contributed by atoms with Crippen molar-refractivity contribution >= 4 is 27.3 Å². The minimum Gasteiger partial charge on any atom is -0.351 e. The molecule has 0 saturated carbocycles. The molecule has 2 heterocycles. The second-order valence-electron chi connectivity index (χ2n) is 7.06. The molecule has 0 bridgehead atoms. The Morgan fingerprint density at radius 3 is 2.52 bits per heavy atom. The van der Waals surface area contributed by atoms with Crippen LogP contribution in [-0.4, -0.2) is 31.7 Å². The summed E-state index contributed by atoms with van der Waals surface area (Å²) in [6, 6.07) is 11.0. The standard InChI is InChI=1S/C20H26N2O3S2/c1-16-4-7-19(8-5-16)27(24,25)22-12-10-17(11-13-22)6-9-20(23)21-15-18-3-2-14-26-18/h2-5,7-8,14,17H,6,9-13,15H2,1H3,(H,21,23). The molecule has 3 rings (SSSR count). The summed E-state index contributed by atoms with van der Waals surface area (Å²) in [5.74, 6) is 0.472. The number of carbonyl (C=O) groups is 1. The van der Waals surface area contributed by atoms with Gasteiger partial charge in [-0.25, -0.2) is 8.42 Å². The minimum absolute atomic E-state index is 0.0677. The number of amides is 1. The Labute approximate surface area is 165 Å². The first-order chi connectivity index (χ1) is 12.9. The zero-order valence-electron chi connectivity index (χ0n) is 15.6. The first-order valence-electron chi connectivity index (χ1n) is 9.31. The quantitative estimate of drug-likeness (QED) is 0.765. The van der Waals surface area contributed by atoms with Gasteiger partial charge in [0, 0.05) is 24.4 Å². The lowest BCUT2D eigenvalue weighted by atomic mass is 9.93. The van der Waals surface area contributed by atoms with Crippen molar-refractivity contribution in [2.75, 3.05) is 13.1 Å². The van der Waals surface area contributed by atoms with E-state index in [4.69, 9.17) is 0 Å². The van der Waals surface area contributed by atoms with E-state index in [9.17, 15) is 13.2 Å². The van der Waals surface area contributed by atoms with Gasteiger partial charge < -0.3 is 5.32 Å². The van der Waals surface area contributed by atoms with Gasteiger partial charge in [0.05, 0.1) is 11.4 Å². The van der Waals surface area contributed by atoms with Crippen molar-refractivity contribution in [3.8, 4) is 0 Å². The Hall–Kier alpha value is -1.70. The molecule has 5 nitrogen and oxygen atoms in total. The maximum atomic E-state index is 12.7. The summed E-state index contributed by atoms with van der Waals surface area (Å²) in [5, 5.41) is 4.95. The molecule has 146 valence electrons. The van der Waals surface area contributed by atoms with Gasteiger partial charge in [0.1, 0.15) is 0 Å². The van der Waals surface area contributed by atoms with E-state index in [1.54, 1.807) is 27.8 Å². The Balaban J connectivity index is 1.43. The van der Waals surface area contributed by atoms with Crippen molar-refractivity contribution in [3.05, 3.63) is 52.2 Å². The fourth-order valence-electron chi connectivity index (χ4n) is 3.32. The predicted octanol–water partition coefficient (Wildman–Crippen LogP) is 3.55. The number of carbonyl (C=O) groups excluding carboxylic acids is 1. The Morgan fingerprint density at radius 2 is 1.89 bits per heavy atom. The van der Waals surface area contributed by atoms with Crippen molar-refractivity contribution in [1.82, 2.24) is 9.62 Å². The average Bonchev–Trinajstić information content (AvgIpc) is 3.19. The molecule has 1 aliphatic heterocycles. The SMILES string of the molecule is Cc1ccc(S(=O)(=O)N2CCC(CCC(=O)NCc3cccs3)CC2)cc1. The molecule has 1 saturated heterocycles. The minimum atomic E-state index is -3.41. The number of thiophene rings is 1. The number of piperidine rings is 1. The highest BCUT2D eigenvalue weighted by Crippen LogP contribution is 2.26. The topological polar surface area (TPSA) is 66.5 Å². The molecule has 7 heteroatoms. The lowest BCUT2D eigenvalue weighted by Crippen LogP contribution is -2.38. The van der Waals surface area contributed by atoms with E-state index in [2.05, 4.69) is 5.32 Å². The zero-order chi connectivity index (χ0) is 19.3. The number of aryl methyl sites for hydroxylation is 1. The molecule has 1 fully saturated rings. The maximum Gasteiger partial charge on any atom is 0.243 e. The van der Waals surface area contributed by atoms with Gasteiger partial charge in [-0.3, -0.25) is 4.79 Å². The molecule has 1 N–H and O–H groups in total. The number of sulfonamides is 1. The molecule has 2 aromatic rings.